The molecule has 8 heteroatoms. The van der Waals surface area contributed by atoms with Crippen molar-refractivity contribution >= 4 is 30.1 Å². The summed E-state index contributed by atoms with van der Waals surface area (Å²) >= 11 is 0. The van der Waals surface area contributed by atoms with Gasteiger partial charge >= 0.3 is 12.0 Å². The Labute approximate surface area is 164 Å². The van der Waals surface area contributed by atoms with E-state index in [2.05, 4.69) is 10.6 Å². The van der Waals surface area contributed by atoms with Gasteiger partial charge in [-0.25, -0.2) is 9.59 Å². The summed E-state index contributed by atoms with van der Waals surface area (Å²) in [4.78, 5) is 23.8. The number of halogens is 1. The molecule has 0 aromatic heterocycles. The van der Waals surface area contributed by atoms with Crippen molar-refractivity contribution in [3.8, 4) is 11.5 Å². The second kappa shape index (κ2) is 10.9. The SMILES string of the molecule is COC(=O)c1ccccc1NC(=O)NCCc1ccc(OC)c(OC)c1.Cl. The van der Waals surface area contributed by atoms with Crippen LogP contribution in [-0.2, 0) is 11.2 Å². The van der Waals surface area contributed by atoms with E-state index in [9.17, 15) is 9.59 Å². The molecule has 2 amide bonds. The summed E-state index contributed by atoms with van der Waals surface area (Å²) in [7, 11) is 4.45. The molecule has 2 N–H and O–H groups in total. The minimum atomic E-state index is -0.508. The summed E-state index contributed by atoms with van der Waals surface area (Å²) < 4.78 is 15.2. The molecule has 2 aromatic carbocycles. The molecule has 0 atom stereocenters. The van der Waals surface area contributed by atoms with E-state index in [0.717, 1.165) is 5.56 Å². The van der Waals surface area contributed by atoms with E-state index in [1.165, 1.54) is 7.11 Å². The summed E-state index contributed by atoms with van der Waals surface area (Å²) in [6, 6.07) is 11.9. The lowest BCUT2D eigenvalue weighted by Gasteiger charge is -2.12. The van der Waals surface area contributed by atoms with Crippen molar-refractivity contribution in [1.82, 2.24) is 5.32 Å². The third kappa shape index (κ3) is 6.07. The van der Waals surface area contributed by atoms with Gasteiger partial charge in [0, 0.05) is 6.54 Å². The van der Waals surface area contributed by atoms with Crippen molar-refractivity contribution in [3.05, 3.63) is 53.6 Å². The quantitative estimate of drug-likeness (QED) is 0.704. The molecule has 0 fully saturated rings. The Balaban J connectivity index is 0.00000364. The van der Waals surface area contributed by atoms with Crippen molar-refractivity contribution in [2.45, 2.75) is 6.42 Å². The van der Waals surface area contributed by atoms with Gasteiger partial charge in [0.1, 0.15) is 0 Å². The van der Waals surface area contributed by atoms with Gasteiger partial charge < -0.3 is 24.8 Å². The summed E-state index contributed by atoms with van der Waals surface area (Å²) in [5.74, 6) is 0.786. The number of carbonyl (C=O) groups excluding carboxylic acids is 2. The first-order valence-electron chi connectivity index (χ1n) is 8.02. The van der Waals surface area contributed by atoms with Crippen molar-refractivity contribution < 1.29 is 23.8 Å². The van der Waals surface area contributed by atoms with E-state index in [1.54, 1.807) is 38.5 Å². The highest BCUT2D eigenvalue weighted by Gasteiger charge is 2.13. The predicted octanol–water partition coefficient (Wildman–Crippen LogP) is 3.28. The maximum absolute atomic E-state index is 12.1. The molecule has 27 heavy (non-hydrogen) atoms. The van der Waals surface area contributed by atoms with Gasteiger partial charge in [0.15, 0.2) is 11.5 Å². The molecular weight excluding hydrogens is 372 g/mol. The van der Waals surface area contributed by atoms with Gasteiger partial charge in [-0.15, -0.1) is 12.4 Å². The van der Waals surface area contributed by atoms with E-state index in [0.29, 0.717) is 35.7 Å². The Kier molecular flexibility index (Phi) is 8.95. The Bertz CT molecular complexity index is 782. The van der Waals surface area contributed by atoms with Crippen LogP contribution in [0.3, 0.4) is 0 Å². The lowest BCUT2D eigenvalue weighted by Crippen LogP contribution is -2.31. The minimum Gasteiger partial charge on any atom is -0.493 e. The van der Waals surface area contributed by atoms with Crippen LogP contribution in [0.15, 0.2) is 42.5 Å². The summed E-state index contributed by atoms with van der Waals surface area (Å²) in [5, 5.41) is 5.41. The molecule has 0 heterocycles. The molecule has 0 aliphatic heterocycles. The van der Waals surface area contributed by atoms with E-state index in [4.69, 9.17) is 14.2 Å². The van der Waals surface area contributed by atoms with E-state index >= 15 is 0 Å². The zero-order chi connectivity index (χ0) is 18.9. The van der Waals surface area contributed by atoms with E-state index in [1.807, 2.05) is 18.2 Å². The summed E-state index contributed by atoms with van der Waals surface area (Å²) in [6.45, 7) is 0.418. The third-order valence-electron chi connectivity index (χ3n) is 3.73. The van der Waals surface area contributed by atoms with Crippen LogP contribution in [0.1, 0.15) is 15.9 Å². The number of urea groups is 1. The topological polar surface area (TPSA) is 85.9 Å². The average molecular weight is 395 g/mol. The molecule has 0 aliphatic carbocycles. The zero-order valence-electron chi connectivity index (χ0n) is 15.4. The van der Waals surface area contributed by atoms with E-state index < -0.39 is 12.0 Å². The summed E-state index contributed by atoms with van der Waals surface area (Å²) in [5.41, 5.74) is 1.69. The maximum atomic E-state index is 12.1. The number of methoxy groups -OCH3 is 3. The highest BCUT2D eigenvalue weighted by Crippen LogP contribution is 2.27. The fourth-order valence-corrected chi connectivity index (χ4v) is 2.40. The number of anilines is 1. The first kappa shape index (κ1) is 22.1. The van der Waals surface area contributed by atoms with Gasteiger partial charge in [-0.2, -0.15) is 0 Å². The van der Waals surface area contributed by atoms with Crippen LogP contribution in [0.5, 0.6) is 11.5 Å². The van der Waals surface area contributed by atoms with Gasteiger partial charge in [0.05, 0.1) is 32.6 Å². The molecule has 0 radical (unpaired) electrons. The highest BCUT2D eigenvalue weighted by atomic mass is 35.5. The Hall–Kier alpha value is -2.93. The molecule has 0 unspecified atom stereocenters. The van der Waals surface area contributed by atoms with Gasteiger partial charge in [-0.1, -0.05) is 18.2 Å². The molecule has 0 saturated carbocycles. The van der Waals surface area contributed by atoms with Crippen molar-refractivity contribution in [2.75, 3.05) is 33.2 Å². The predicted molar refractivity (Wildman–Crippen MR) is 105 cm³/mol. The van der Waals surface area contributed by atoms with Crippen LogP contribution in [0.4, 0.5) is 10.5 Å². The van der Waals surface area contributed by atoms with Crippen molar-refractivity contribution in [3.63, 3.8) is 0 Å². The molecule has 146 valence electrons. The number of para-hydroxylation sites is 1. The molecule has 2 aromatic rings. The third-order valence-corrected chi connectivity index (χ3v) is 3.73. The molecule has 0 spiro atoms. The molecule has 0 aliphatic rings. The first-order chi connectivity index (χ1) is 12.6. The van der Waals surface area contributed by atoms with Gasteiger partial charge in [0.2, 0.25) is 0 Å². The van der Waals surface area contributed by atoms with Crippen LogP contribution in [0.25, 0.3) is 0 Å². The zero-order valence-corrected chi connectivity index (χ0v) is 16.2. The van der Waals surface area contributed by atoms with Crippen molar-refractivity contribution in [1.29, 1.82) is 0 Å². The Morgan fingerprint density at radius 1 is 0.963 bits per heavy atom. The number of rotatable bonds is 7. The molecular formula is C19H23ClN2O5. The Morgan fingerprint density at radius 2 is 1.67 bits per heavy atom. The standard InChI is InChI=1S/C19H22N2O5.ClH/c1-24-16-9-8-13(12-17(16)25-2)10-11-20-19(23)21-15-7-5-4-6-14(15)18(22)26-3;/h4-9,12H,10-11H2,1-3H3,(H2,20,21,23);1H. The largest absolute Gasteiger partial charge is 0.493 e. The number of ether oxygens (including phenoxy) is 3. The number of nitrogens with one attached hydrogen (secondary N) is 2. The summed E-state index contributed by atoms with van der Waals surface area (Å²) in [6.07, 6.45) is 0.617. The van der Waals surface area contributed by atoms with Gasteiger partial charge in [0.25, 0.3) is 0 Å². The van der Waals surface area contributed by atoms with Crippen LogP contribution in [-0.4, -0.2) is 39.9 Å². The fourth-order valence-electron chi connectivity index (χ4n) is 2.40. The number of hydrogen-bond acceptors (Lipinski definition) is 5. The smallest absolute Gasteiger partial charge is 0.339 e. The Morgan fingerprint density at radius 3 is 2.33 bits per heavy atom. The minimum absolute atomic E-state index is 0. The lowest BCUT2D eigenvalue weighted by atomic mass is 10.1. The second-order valence-corrected chi connectivity index (χ2v) is 5.36. The molecule has 7 nitrogen and oxygen atoms in total. The number of benzene rings is 2. The van der Waals surface area contributed by atoms with Crippen molar-refractivity contribution in [2.24, 2.45) is 0 Å². The van der Waals surface area contributed by atoms with Crippen LogP contribution < -0.4 is 20.1 Å². The number of esters is 1. The number of amides is 2. The fraction of sp³-hybridized carbons (Fsp3) is 0.263. The lowest BCUT2D eigenvalue weighted by molar-refractivity contribution is 0.0602. The molecule has 0 saturated heterocycles. The normalized spacial score (nSPS) is 9.59. The monoisotopic (exact) mass is 394 g/mol. The van der Waals surface area contributed by atoms with Gasteiger partial charge in [-0.3, -0.25) is 0 Å². The van der Waals surface area contributed by atoms with E-state index in [-0.39, 0.29) is 12.4 Å². The van der Waals surface area contributed by atoms with Crippen LogP contribution in [0, 0.1) is 0 Å². The number of hydrogen-bond donors (Lipinski definition) is 2. The second-order valence-electron chi connectivity index (χ2n) is 5.36. The number of carbonyl (C=O) groups is 2. The first-order valence-corrected chi connectivity index (χ1v) is 8.02. The molecule has 2 rings (SSSR count). The average Bonchev–Trinajstić information content (AvgIpc) is 2.67. The highest BCUT2D eigenvalue weighted by molar-refractivity contribution is 6.00. The van der Waals surface area contributed by atoms with Crippen LogP contribution >= 0.6 is 12.4 Å². The maximum Gasteiger partial charge on any atom is 0.339 e. The molecule has 0 bridgehead atoms. The van der Waals surface area contributed by atoms with Crippen LogP contribution in [0.2, 0.25) is 0 Å². The van der Waals surface area contributed by atoms with Gasteiger partial charge in [-0.05, 0) is 36.2 Å².